The Kier molecular flexibility index (Phi) is 28.8. The Balaban J connectivity index is 0. The molecule has 4 rings (SSSR count). The third kappa shape index (κ3) is 20.5. The summed E-state index contributed by atoms with van der Waals surface area (Å²) >= 11 is -4.19. The minimum atomic E-state index is -2.09. The van der Waals surface area contributed by atoms with Gasteiger partial charge in [0.2, 0.25) is 0 Å². The van der Waals surface area contributed by atoms with Crippen LogP contribution in [0.4, 0.5) is 0 Å². The smallest absolute Gasteiger partial charge is 0.0523 e. The summed E-state index contributed by atoms with van der Waals surface area (Å²) in [6, 6.07) is 6.77. The maximum absolute atomic E-state index is 5.67. The van der Waals surface area contributed by atoms with Crippen LogP contribution in [0.5, 0.6) is 0 Å². The van der Waals surface area contributed by atoms with Gasteiger partial charge in [-0.15, -0.1) is 0 Å². The standard InChI is InChI=1S/C15H24.C6H15N3.2C4H8BN3.C2H6N.CH3.4ClH.2Ti/c1-10(2)13-8-7-9-14(11(3)4)15(13)12(5)6;1-7-4-8(2)6-9(3)5-7;2*1-7-3-4-8(2)5(7)6;1-3-2;;;;;;;/h7-12H,1-6H3;4-6H2,1-3H3;2*3-4H,1-2H3;1-2H3;1H3;4*1H;;/q;;;;2*-1;;;;;2*+2/p-4. The normalized spacial score (nSPS) is 15.9. The van der Waals surface area contributed by atoms with Crippen LogP contribution in [0.2, 0.25) is 0 Å². The molecule has 0 bridgehead atoms. The number of rotatable bonds is 5. The SMILES string of the molecule is CC(C)c1cccc(C(C)C)c1C(C)C.CN1C=CN(C)B1[N]=[Ti]([Cl])[Cl].CN1C=CN(C)B1[N]=[Ti]([Cl])[Cl].CN1CN(C)CN(C)C1.C[N-]C.[CH3-]. The van der Waals surface area contributed by atoms with E-state index >= 15 is 0 Å². The van der Waals surface area contributed by atoms with Gasteiger partial charge in [-0.25, -0.2) is 0 Å². The molecule has 0 aliphatic carbocycles. The van der Waals surface area contributed by atoms with Gasteiger partial charge in [0.05, 0.1) is 20.0 Å². The first-order chi connectivity index (χ1) is 22.8. The number of nitrogens with zero attached hydrogens (tertiary/aromatic N) is 10. The quantitative estimate of drug-likeness (QED) is 0.217. The first-order valence-electron chi connectivity index (χ1n) is 16.4. The van der Waals surface area contributed by atoms with Crippen molar-refractivity contribution in [1.82, 2.24) is 33.9 Å². The van der Waals surface area contributed by atoms with E-state index in [1.54, 1.807) is 19.7 Å². The summed E-state index contributed by atoms with van der Waals surface area (Å²) in [5.41, 5.74) is 4.62. The second kappa shape index (κ2) is 27.6. The molecule has 0 amide bonds. The van der Waals surface area contributed by atoms with E-state index in [1.807, 2.05) is 72.2 Å². The van der Waals surface area contributed by atoms with Crippen LogP contribution in [-0.4, -0.2) is 132 Å². The van der Waals surface area contributed by atoms with Crippen LogP contribution in [0.1, 0.15) is 76.0 Å². The van der Waals surface area contributed by atoms with E-state index in [0.29, 0.717) is 17.8 Å². The molecule has 1 aromatic carbocycles. The molecule has 0 radical (unpaired) electrons. The zero-order valence-electron chi connectivity index (χ0n) is 33.5. The molecule has 3 heterocycles. The number of hydrogen-bond donors (Lipinski definition) is 0. The molecule has 10 nitrogen and oxygen atoms in total. The first-order valence-corrected chi connectivity index (χ1v) is 26.4. The molecule has 0 unspecified atom stereocenters. The van der Waals surface area contributed by atoms with Crippen LogP contribution < -0.4 is 0 Å². The first kappa shape index (κ1) is 52.2. The van der Waals surface area contributed by atoms with Crippen LogP contribution in [0.25, 0.3) is 5.32 Å². The Labute approximate surface area is 335 Å². The van der Waals surface area contributed by atoms with Gasteiger partial charge in [0.25, 0.3) is 0 Å². The van der Waals surface area contributed by atoms with Crippen LogP contribution in [0, 0.1) is 7.43 Å². The van der Waals surface area contributed by atoms with Gasteiger partial charge in [0.15, 0.2) is 0 Å². The topological polar surface area (TPSA) is 61.5 Å². The summed E-state index contributed by atoms with van der Waals surface area (Å²) in [7, 11) is 40.4. The molecule has 3 aliphatic rings. The number of benzene rings is 1. The Hall–Kier alpha value is 0.0584. The number of halogens is 4. The van der Waals surface area contributed by atoms with Gasteiger partial charge in [0.1, 0.15) is 0 Å². The molecule has 3 aliphatic heterocycles. The zero-order chi connectivity index (χ0) is 38.0. The van der Waals surface area contributed by atoms with Crippen molar-refractivity contribution in [2.45, 2.75) is 59.3 Å². The largest absolute Gasteiger partial charge is 0.668 e. The van der Waals surface area contributed by atoms with Crippen molar-refractivity contribution in [3.8, 4) is 0 Å². The predicted octanol–water partition coefficient (Wildman–Crippen LogP) is 8.65. The maximum Gasteiger partial charge on any atom is 0.0523 e. The Bertz CT molecular complexity index is 1090. The average Bonchev–Trinajstić information content (AvgIpc) is 3.47. The van der Waals surface area contributed by atoms with Crippen molar-refractivity contribution in [1.29, 1.82) is 0 Å². The van der Waals surface area contributed by atoms with Gasteiger partial charge < -0.3 is 12.7 Å². The molecule has 50 heavy (non-hydrogen) atoms. The molecule has 1 fully saturated rings. The Morgan fingerprint density at radius 2 is 0.840 bits per heavy atom. The van der Waals surface area contributed by atoms with Crippen molar-refractivity contribution >= 4 is 51.5 Å². The van der Waals surface area contributed by atoms with Crippen molar-refractivity contribution < 1.29 is 31.1 Å². The third-order valence-electron chi connectivity index (χ3n) is 7.40. The summed E-state index contributed by atoms with van der Waals surface area (Å²) in [4.78, 5) is 14.7. The monoisotopic (exact) mass is 846 g/mol. The molecule has 286 valence electrons. The third-order valence-corrected chi connectivity index (χ3v) is 10.3. The molecule has 0 N–H and O–H groups in total. The fourth-order valence-corrected chi connectivity index (χ4v) is 8.61. The molecule has 0 atom stereocenters. The van der Waals surface area contributed by atoms with E-state index < -0.39 is 31.1 Å². The summed E-state index contributed by atoms with van der Waals surface area (Å²) in [6.07, 6.45) is 7.79. The summed E-state index contributed by atoms with van der Waals surface area (Å²) < 4.78 is 8.45. The molecular formula is C32H64B2Cl4N10Ti2-2. The maximum atomic E-state index is 5.67. The van der Waals surface area contributed by atoms with Gasteiger partial charge in [-0.1, -0.05) is 59.7 Å². The average molecular weight is 848 g/mol. The fraction of sp³-hybridized carbons (Fsp3) is 0.656. The van der Waals surface area contributed by atoms with Gasteiger partial charge in [-0.05, 0) is 55.6 Å². The molecule has 1 aromatic rings. The fourth-order valence-electron chi connectivity index (χ4n) is 5.49. The van der Waals surface area contributed by atoms with Crippen molar-refractivity contribution in [2.24, 2.45) is 6.66 Å². The predicted molar refractivity (Wildman–Crippen MR) is 217 cm³/mol. The minimum Gasteiger partial charge on any atom is -0.668 e. The molecule has 18 heteroatoms. The van der Waals surface area contributed by atoms with Gasteiger partial charge in [-0.3, -0.25) is 14.7 Å². The van der Waals surface area contributed by atoms with Crippen molar-refractivity contribution in [3.05, 3.63) is 72.4 Å². The summed E-state index contributed by atoms with van der Waals surface area (Å²) in [6.45, 7) is 17.0. The van der Waals surface area contributed by atoms with E-state index in [9.17, 15) is 0 Å². The van der Waals surface area contributed by atoms with E-state index in [4.69, 9.17) is 37.2 Å². The molecule has 0 aromatic heterocycles. The minimum absolute atomic E-state index is 0. The van der Waals surface area contributed by atoms with Crippen molar-refractivity contribution in [3.63, 3.8) is 0 Å². The molecule has 1 saturated heterocycles. The summed E-state index contributed by atoms with van der Waals surface area (Å²) in [5, 5.41) is 3.50. The van der Waals surface area contributed by atoms with Gasteiger partial charge >= 0.3 is 161 Å². The van der Waals surface area contributed by atoms with E-state index in [0.717, 1.165) is 20.0 Å². The van der Waals surface area contributed by atoms with Crippen LogP contribution >= 0.6 is 37.2 Å². The van der Waals surface area contributed by atoms with E-state index in [2.05, 4.69) is 108 Å². The van der Waals surface area contributed by atoms with Gasteiger partial charge in [-0.2, -0.15) is 14.1 Å². The molecule has 0 spiro atoms. The second-order valence-electron chi connectivity index (χ2n) is 13.4. The molecular weight excluding hydrogens is 784 g/mol. The molecule has 0 saturated carbocycles. The van der Waals surface area contributed by atoms with Crippen molar-refractivity contribution in [2.75, 3.05) is 83.4 Å². The zero-order valence-corrected chi connectivity index (χ0v) is 39.7. The second-order valence-corrected chi connectivity index (χ2v) is 23.3. The summed E-state index contributed by atoms with van der Waals surface area (Å²) in [5.74, 6) is 1.88. The van der Waals surface area contributed by atoms with Crippen LogP contribution in [0.15, 0.2) is 49.7 Å². The van der Waals surface area contributed by atoms with Gasteiger partial charge in [0, 0.05) is 0 Å². The van der Waals surface area contributed by atoms with Crippen LogP contribution in [0.3, 0.4) is 0 Å². The Morgan fingerprint density at radius 1 is 0.580 bits per heavy atom. The van der Waals surface area contributed by atoms with Crippen LogP contribution in [-0.2, 0) is 31.1 Å². The van der Waals surface area contributed by atoms with E-state index in [1.165, 1.54) is 11.1 Å². The number of hydrogen-bond acceptors (Lipinski definition) is 9. The Morgan fingerprint density at radius 3 is 1.04 bits per heavy atom. The van der Waals surface area contributed by atoms with E-state index in [-0.39, 0.29) is 21.7 Å².